The summed E-state index contributed by atoms with van der Waals surface area (Å²) in [6.07, 6.45) is 4.91. The topological polar surface area (TPSA) is 243 Å². The molecule has 0 saturated carbocycles. The number of sulfonamides is 3. The molecular formula is C44H62Cl2N8O12S4. The van der Waals surface area contributed by atoms with Gasteiger partial charge in [0.1, 0.15) is 0 Å². The van der Waals surface area contributed by atoms with Crippen molar-refractivity contribution in [3.05, 3.63) is 119 Å². The van der Waals surface area contributed by atoms with Gasteiger partial charge in [-0.3, -0.25) is 28.4 Å². The molecule has 2 aliphatic heterocycles. The van der Waals surface area contributed by atoms with Gasteiger partial charge in [-0.1, -0.05) is 24.3 Å². The third-order valence-electron chi connectivity index (χ3n) is 10.8. The van der Waals surface area contributed by atoms with E-state index in [2.05, 4.69) is 45.2 Å². The third-order valence-corrected chi connectivity index (χ3v) is 15.6. The highest BCUT2D eigenvalue weighted by Gasteiger charge is 2.26. The second kappa shape index (κ2) is 27.4. The number of hydrogen-bond donors (Lipinski definition) is 1. The number of methoxy groups -OCH3 is 2. The van der Waals surface area contributed by atoms with Gasteiger partial charge in [0.15, 0.2) is 0 Å². The van der Waals surface area contributed by atoms with Crippen molar-refractivity contribution in [3.8, 4) is 0 Å². The van der Waals surface area contributed by atoms with E-state index in [1.165, 1.54) is 45.8 Å². The molecule has 0 spiro atoms. The van der Waals surface area contributed by atoms with E-state index in [4.69, 9.17) is 0 Å². The highest BCUT2D eigenvalue weighted by molar-refractivity contribution is 8.13. The Balaban J connectivity index is 0.000000335. The number of carbonyl (C=O) groups is 2. The molecule has 4 heterocycles. The fraction of sp³-hybridized carbons (Fsp3) is 0.455. The first-order chi connectivity index (χ1) is 32.5. The summed E-state index contributed by atoms with van der Waals surface area (Å²) in [5.41, 5.74) is 4.93. The van der Waals surface area contributed by atoms with Gasteiger partial charge in [0, 0.05) is 88.5 Å². The molecule has 1 N–H and O–H groups in total. The first-order valence-electron chi connectivity index (χ1n) is 21.7. The smallest absolute Gasteiger partial charge is 0.339 e. The number of benzene rings is 2. The van der Waals surface area contributed by atoms with E-state index >= 15 is 0 Å². The number of nitrogens with one attached hydrogen (secondary N) is 1. The first-order valence-corrected chi connectivity index (χ1v) is 29.5. The molecule has 0 radical (unpaired) electrons. The zero-order chi connectivity index (χ0) is 51.0. The minimum atomic E-state index is -3.57. The summed E-state index contributed by atoms with van der Waals surface area (Å²) in [6.45, 7) is 11.0. The van der Waals surface area contributed by atoms with Crippen LogP contribution < -0.4 is 13.9 Å². The van der Waals surface area contributed by atoms with E-state index < -0.39 is 51.1 Å². The van der Waals surface area contributed by atoms with E-state index in [0.29, 0.717) is 61.0 Å². The normalized spacial score (nSPS) is 14.9. The number of esters is 2. The highest BCUT2D eigenvalue weighted by atomic mass is 35.7. The number of rotatable bonds is 17. The lowest BCUT2D eigenvalue weighted by Gasteiger charge is -2.33. The fourth-order valence-corrected chi connectivity index (χ4v) is 9.95. The predicted octanol–water partition coefficient (Wildman–Crippen LogP) is 3.54. The molecule has 2 aliphatic rings. The number of hydrogen-bond acceptors (Lipinski definition) is 17. The molecule has 20 nitrogen and oxygen atoms in total. The SMILES string of the molecule is CCS(=O)(=O)N(Cc1ccc(C(=O)OC)cn1)c1ccc(CN2CCN(S(C)(=O)=O)CC2)cc1.CCS(=O)(=O)N(Cc1ccc(C(=O)OC)cn1)c1ccc(CN2CCNCC2)cc1.CS(=O)(=O)Cl.Cl. The number of nitrogens with zero attached hydrogens (tertiary/aromatic N) is 7. The van der Waals surface area contributed by atoms with Crippen LogP contribution in [0.4, 0.5) is 11.4 Å². The van der Waals surface area contributed by atoms with Crippen LogP contribution in [0.25, 0.3) is 0 Å². The number of ether oxygens (including phenoxy) is 2. The van der Waals surface area contributed by atoms with Crippen LogP contribution in [-0.4, -0.2) is 160 Å². The standard InChI is InChI=1S/C22H30N4O6S2.C21H28N4O4S.CH3ClO2S.ClH/c1-4-34(30,31)26(17-20-8-7-19(15-23-20)22(27)32-2)21-9-5-18(6-10-21)16-24-11-13-25(14-12-24)33(3,28)29;1-3-30(27,28)25(16-19-7-6-18(14-23-19)21(26)29-2)20-8-4-17(5-9-20)15-24-12-10-22-11-13-24;1-5(2,3)4;/h5-10,15H,4,11-14,16-17H2,1-3H3;4-9,14,22H,3,10-13,15-16H2,1-2H3;1H3;1H. The Labute approximate surface area is 423 Å². The van der Waals surface area contributed by atoms with Gasteiger partial charge >= 0.3 is 11.9 Å². The summed E-state index contributed by atoms with van der Waals surface area (Å²) in [4.78, 5) is 36.2. The summed E-state index contributed by atoms with van der Waals surface area (Å²) in [5.74, 6) is -1.08. The molecule has 2 saturated heterocycles. The first kappa shape index (κ1) is 59.8. The van der Waals surface area contributed by atoms with Crippen molar-refractivity contribution in [2.45, 2.75) is 40.0 Å². The zero-order valence-electron chi connectivity index (χ0n) is 39.9. The largest absolute Gasteiger partial charge is 0.465 e. The van der Waals surface area contributed by atoms with Crippen LogP contribution in [0.15, 0.2) is 85.2 Å². The van der Waals surface area contributed by atoms with Gasteiger partial charge in [0.25, 0.3) is 0 Å². The lowest BCUT2D eigenvalue weighted by atomic mass is 10.2. The van der Waals surface area contributed by atoms with Crippen LogP contribution in [-0.2, 0) is 74.8 Å². The second-order valence-corrected chi connectivity index (χ2v) is 25.2. The molecule has 0 amide bonds. The number of aromatic nitrogens is 2. The van der Waals surface area contributed by atoms with E-state index in [1.807, 2.05) is 36.4 Å². The van der Waals surface area contributed by atoms with Crippen molar-refractivity contribution in [3.63, 3.8) is 0 Å². The number of halogens is 2. The van der Waals surface area contributed by atoms with Crippen molar-refractivity contribution < 1.29 is 52.7 Å². The van der Waals surface area contributed by atoms with Crippen LogP contribution in [0.1, 0.15) is 57.1 Å². The van der Waals surface area contributed by atoms with Crippen LogP contribution in [0.2, 0.25) is 0 Å². The lowest BCUT2D eigenvalue weighted by Crippen LogP contribution is -2.47. The summed E-state index contributed by atoms with van der Waals surface area (Å²) < 4.78 is 107. The summed E-state index contributed by atoms with van der Waals surface area (Å²) in [5, 5.41) is 3.34. The monoisotopic (exact) mass is 1090 g/mol. The van der Waals surface area contributed by atoms with Gasteiger partial charge in [-0.05, 0) is 73.5 Å². The highest BCUT2D eigenvalue weighted by Crippen LogP contribution is 2.25. The zero-order valence-corrected chi connectivity index (χ0v) is 44.8. The van der Waals surface area contributed by atoms with Crippen molar-refractivity contribution >= 4 is 85.5 Å². The molecule has 26 heteroatoms. The Hall–Kier alpha value is -4.50. The third kappa shape index (κ3) is 19.3. The molecule has 0 bridgehead atoms. The quantitative estimate of drug-likeness (QED) is 0.117. The lowest BCUT2D eigenvalue weighted by molar-refractivity contribution is 0.0591. The maximum atomic E-state index is 12.8. The average molecular weight is 1090 g/mol. The van der Waals surface area contributed by atoms with Gasteiger partial charge in [-0.25, -0.2) is 43.3 Å². The van der Waals surface area contributed by atoms with Crippen molar-refractivity contribution in [2.75, 3.05) is 99.2 Å². The van der Waals surface area contributed by atoms with E-state index in [-0.39, 0.29) is 42.6 Å². The number of piperazine rings is 2. The Morgan fingerprint density at radius 1 is 0.600 bits per heavy atom. The summed E-state index contributed by atoms with van der Waals surface area (Å²) in [6, 6.07) is 21.3. The molecule has 0 unspecified atom stereocenters. The van der Waals surface area contributed by atoms with Crippen molar-refractivity contribution in [1.82, 2.24) is 29.4 Å². The maximum Gasteiger partial charge on any atom is 0.339 e. The van der Waals surface area contributed by atoms with Gasteiger partial charge in [-0.15, -0.1) is 12.4 Å². The summed E-state index contributed by atoms with van der Waals surface area (Å²) >= 11 is 0. The van der Waals surface area contributed by atoms with E-state index in [1.54, 1.807) is 50.2 Å². The van der Waals surface area contributed by atoms with Crippen molar-refractivity contribution in [2.24, 2.45) is 0 Å². The molecule has 2 aromatic heterocycles. The van der Waals surface area contributed by atoms with Gasteiger partial charge < -0.3 is 14.8 Å². The van der Waals surface area contributed by atoms with Crippen LogP contribution >= 0.6 is 23.1 Å². The Kier molecular flexibility index (Phi) is 23.4. The number of anilines is 2. The molecule has 70 heavy (non-hydrogen) atoms. The predicted molar refractivity (Wildman–Crippen MR) is 273 cm³/mol. The fourth-order valence-electron chi connectivity index (χ4n) is 6.96. The molecule has 0 aliphatic carbocycles. The number of carbonyl (C=O) groups excluding carboxylic acids is 2. The average Bonchev–Trinajstić information content (AvgIpc) is 3.33. The Morgan fingerprint density at radius 3 is 1.26 bits per heavy atom. The minimum absolute atomic E-state index is 0. The van der Waals surface area contributed by atoms with Crippen LogP contribution in [0, 0.1) is 0 Å². The van der Waals surface area contributed by atoms with Gasteiger partial charge in [0.05, 0.1) is 85.2 Å². The molecular weight excluding hydrogens is 1030 g/mol. The van der Waals surface area contributed by atoms with E-state index in [9.17, 15) is 43.3 Å². The Morgan fingerprint density at radius 2 is 0.957 bits per heavy atom. The number of pyridine rings is 2. The maximum absolute atomic E-state index is 12.8. The Bertz CT molecular complexity index is 2740. The van der Waals surface area contributed by atoms with Gasteiger partial charge in [0.2, 0.25) is 39.1 Å². The molecule has 6 rings (SSSR count). The summed E-state index contributed by atoms with van der Waals surface area (Å²) in [7, 11) is -6.35. The van der Waals surface area contributed by atoms with Crippen LogP contribution in [0.3, 0.4) is 0 Å². The molecule has 2 aromatic carbocycles. The van der Waals surface area contributed by atoms with E-state index in [0.717, 1.165) is 50.1 Å². The van der Waals surface area contributed by atoms with Crippen LogP contribution in [0.5, 0.6) is 0 Å². The molecule has 2 fully saturated rings. The molecule has 4 aromatic rings. The molecule has 0 atom stereocenters. The second-order valence-electron chi connectivity index (χ2n) is 15.9. The van der Waals surface area contributed by atoms with Gasteiger partial charge in [-0.2, -0.15) is 4.31 Å². The molecule has 388 valence electrons. The van der Waals surface area contributed by atoms with Crippen molar-refractivity contribution in [1.29, 1.82) is 0 Å². The minimum Gasteiger partial charge on any atom is -0.465 e.